The van der Waals surface area contributed by atoms with Crippen LogP contribution >= 0.6 is 0 Å². The van der Waals surface area contributed by atoms with Crippen LogP contribution in [0.25, 0.3) is 0 Å². The molecule has 0 radical (unpaired) electrons. The van der Waals surface area contributed by atoms with E-state index in [-0.39, 0.29) is 0 Å². The van der Waals surface area contributed by atoms with Crippen LogP contribution in [0.4, 0.5) is 0 Å². The summed E-state index contributed by atoms with van der Waals surface area (Å²) in [6.07, 6.45) is 5.31. The summed E-state index contributed by atoms with van der Waals surface area (Å²) in [5.74, 6) is 0. The van der Waals surface area contributed by atoms with Gasteiger partial charge in [-0.3, -0.25) is 0 Å². The first kappa shape index (κ1) is 12.9. The van der Waals surface area contributed by atoms with Crippen LogP contribution in [-0.4, -0.2) is 20.3 Å². The van der Waals surface area contributed by atoms with Gasteiger partial charge in [0.05, 0.1) is 6.61 Å². The Balaban J connectivity index is 2.50. The van der Waals surface area contributed by atoms with Crippen LogP contribution in [-0.2, 0) is 11.2 Å². The zero-order valence-electron chi connectivity index (χ0n) is 9.99. The third-order valence-corrected chi connectivity index (χ3v) is 2.50. The predicted molar refractivity (Wildman–Crippen MR) is 68.4 cm³/mol. The van der Waals surface area contributed by atoms with Gasteiger partial charge in [0.2, 0.25) is 0 Å². The number of methoxy groups -OCH3 is 1. The average Bonchev–Trinajstić information content (AvgIpc) is 2.34. The molecule has 0 atom stereocenters. The molecule has 2 nitrogen and oxygen atoms in total. The molecule has 0 saturated heterocycles. The maximum absolute atomic E-state index is 5.51. The Kier molecular flexibility index (Phi) is 6.54. The molecule has 1 aromatic rings. The monoisotopic (exact) mass is 219 g/mol. The van der Waals surface area contributed by atoms with Crippen molar-refractivity contribution in [1.29, 1.82) is 0 Å². The minimum absolute atomic E-state index is 0.715. The van der Waals surface area contributed by atoms with E-state index >= 15 is 0 Å². The molecule has 1 rings (SSSR count). The molecule has 0 heterocycles. The lowest BCUT2D eigenvalue weighted by atomic mass is 10.1. The van der Waals surface area contributed by atoms with E-state index in [1.54, 1.807) is 7.11 Å². The minimum Gasteiger partial charge on any atom is -0.380 e. The molecule has 0 amide bonds. The van der Waals surface area contributed by atoms with Crippen LogP contribution < -0.4 is 5.73 Å². The fourth-order valence-corrected chi connectivity index (χ4v) is 1.62. The lowest BCUT2D eigenvalue weighted by molar-refractivity contribution is 0.222. The highest BCUT2D eigenvalue weighted by Crippen LogP contribution is 2.08. The summed E-state index contributed by atoms with van der Waals surface area (Å²) in [4.78, 5) is 0. The first-order chi connectivity index (χ1) is 7.86. The van der Waals surface area contributed by atoms with E-state index in [1.807, 2.05) is 6.07 Å². The van der Waals surface area contributed by atoms with E-state index in [2.05, 4.69) is 30.3 Å². The molecule has 2 N–H and O–H groups in total. The topological polar surface area (TPSA) is 35.2 Å². The summed E-state index contributed by atoms with van der Waals surface area (Å²) in [6, 6.07) is 10.5. The molecule has 0 bridgehead atoms. The summed E-state index contributed by atoms with van der Waals surface area (Å²) in [5, 5.41) is 0. The molecule has 0 spiro atoms. The lowest BCUT2D eigenvalue weighted by Crippen LogP contribution is -2.02. The third-order valence-electron chi connectivity index (χ3n) is 2.50. The van der Waals surface area contributed by atoms with E-state index in [4.69, 9.17) is 10.5 Å². The number of hydrogen-bond acceptors (Lipinski definition) is 2. The Morgan fingerprint density at radius 2 is 2.06 bits per heavy atom. The van der Waals surface area contributed by atoms with Crippen molar-refractivity contribution in [2.75, 3.05) is 20.3 Å². The van der Waals surface area contributed by atoms with Crippen molar-refractivity contribution in [3.8, 4) is 0 Å². The Bertz CT molecular complexity index is 306. The zero-order chi connectivity index (χ0) is 11.6. The molecular weight excluding hydrogens is 198 g/mol. The van der Waals surface area contributed by atoms with Crippen molar-refractivity contribution in [2.45, 2.75) is 19.3 Å². The fraction of sp³-hybridized carbons (Fsp3) is 0.429. The van der Waals surface area contributed by atoms with Gasteiger partial charge in [-0.25, -0.2) is 0 Å². The first-order valence-corrected chi connectivity index (χ1v) is 5.77. The molecule has 88 valence electrons. The van der Waals surface area contributed by atoms with Crippen LogP contribution in [0.15, 0.2) is 42.0 Å². The van der Waals surface area contributed by atoms with Gasteiger partial charge >= 0.3 is 0 Å². The standard InChI is InChI=1S/C14H21NO/c1-16-12-14(8-5-11-15)10-9-13-6-3-2-4-7-13/h2-4,6-7,10H,5,8-9,11-12,15H2,1H3/b14-10+. The van der Waals surface area contributed by atoms with E-state index < -0.39 is 0 Å². The second kappa shape index (κ2) is 8.08. The minimum atomic E-state index is 0.715. The average molecular weight is 219 g/mol. The Morgan fingerprint density at radius 3 is 2.69 bits per heavy atom. The molecule has 0 aliphatic carbocycles. The van der Waals surface area contributed by atoms with Crippen LogP contribution in [0.2, 0.25) is 0 Å². The summed E-state index contributed by atoms with van der Waals surface area (Å²) in [6.45, 7) is 1.46. The molecule has 2 heteroatoms. The molecule has 0 aromatic heterocycles. The molecule has 0 aliphatic heterocycles. The molecule has 16 heavy (non-hydrogen) atoms. The van der Waals surface area contributed by atoms with E-state index in [1.165, 1.54) is 11.1 Å². The lowest BCUT2D eigenvalue weighted by Gasteiger charge is -2.05. The number of hydrogen-bond donors (Lipinski definition) is 1. The third kappa shape index (κ3) is 5.10. The SMILES string of the molecule is COC/C(=C/Cc1ccccc1)CCCN. The first-order valence-electron chi connectivity index (χ1n) is 5.77. The number of nitrogens with two attached hydrogens (primary N) is 1. The van der Waals surface area contributed by atoms with Gasteiger partial charge in [-0.05, 0) is 36.9 Å². The maximum atomic E-state index is 5.51. The highest BCUT2D eigenvalue weighted by atomic mass is 16.5. The Hall–Kier alpha value is -1.12. The number of allylic oxidation sites excluding steroid dienone is 1. The highest BCUT2D eigenvalue weighted by Gasteiger charge is 1.97. The van der Waals surface area contributed by atoms with Gasteiger partial charge in [0.15, 0.2) is 0 Å². The number of rotatable bonds is 7. The summed E-state index contributed by atoms with van der Waals surface area (Å²) in [5.41, 5.74) is 8.19. The van der Waals surface area contributed by atoms with Crippen LogP contribution in [0.1, 0.15) is 18.4 Å². The smallest absolute Gasteiger partial charge is 0.0673 e. The quantitative estimate of drug-likeness (QED) is 0.715. The van der Waals surface area contributed by atoms with Crippen molar-refractivity contribution in [3.63, 3.8) is 0 Å². The number of ether oxygens (including phenoxy) is 1. The Morgan fingerprint density at radius 1 is 1.31 bits per heavy atom. The maximum Gasteiger partial charge on any atom is 0.0673 e. The summed E-state index contributed by atoms with van der Waals surface area (Å²) >= 11 is 0. The molecule has 1 aromatic carbocycles. The molecule has 0 unspecified atom stereocenters. The van der Waals surface area contributed by atoms with Crippen LogP contribution in [0.3, 0.4) is 0 Å². The van der Waals surface area contributed by atoms with Gasteiger partial charge in [-0.15, -0.1) is 0 Å². The second-order valence-corrected chi connectivity index (χ2v) is 3.88. The largest absolute Gasteiger partial charge is 0.380 e. The highest BCUT2D eigenvalue weighted by molar-refractivity contribution is 5.19. The van der Waals surface area contributed by atoms with E-state index in [0.717, 1.165) is 25.8 Å². The second-order valence-electron chi connectivity index (χ2n) is 3.88. The van der Waals surface area contributed by atoms with Crippen molar-refractivity contribution in [2.24, 2.45) is 5.73 Å². The molecule has 0 fully saturated rings. The molecule has 0 saturated carbocycles. The predicted octanol–water partition coefficient (Wildman–Crippen LogP) is 2.54. The summed E-state index contributed by atoms with van der Waals surface area (Å²) in [7, 11) is 1.73. The summed E-state index contributed by atoms with van der Waals surface area (Å²) < 4.78 is 5.18. The van der Waals surface area contributed by atoms with Gasteiger partial charge in [-0.2, -0.15) is 0 Å². The van der Waals surface area contributed by atoms with E-state index in [0.29, 0.717) is 6.61 Å². The van der Waals surface area contributed by atoms with Gasteiger partial charge < -0.3 is 10.5 Å². The van der Waals surface area contributed by atoms with E-state index in [9.17, 15) is 0 Å². The van der Waals surface area contributed by atoms with Crippen LogP contribution in [0, 0.1) is 0 Å². The van der Waals surface area contributed by atoms with Crippen molar-refractivity contribution in [3.05, 3.63) is 47.5 Å². The molecular formula is C14H21NO. The van der Waals surface area contributed by atoms with Crippen molar-refractivity contribution in [1.82, 2.24) is 0 Å². The van der Waals surface area contributed by atoms with Gasteiger partial charge in [0, 0.05) is 7.11 Å². The van der Waals surface area contributed by atoms with Crippen molar-refractivity contribution >= 4 is 0 Å². The van der Waals surface area contributed by atoms with Crippen molar-refractivity contribution < 1.29 is 4.74 Å². The van der Waals surface area contributed by atoms with Gasteiger partial charge in [-0.1, -0.05) is 36.4 Å². The zero-order valence-corrected chi connectivity index (χ0v) is 9.99. The Labute approximate surface area is 98.1 Å². The fourth-order valence-electron chi connectivity index (χ4n) is 1.62. The van der Waals surface area contributed by atoms with Gasteiger partial charge in [0.25, 0.3) is 0 Å². The normalized spacial score (nSPS) is 11.8. The molecule has 0 aliphatic rings. The number of benzene rings is 1. The van der Waals surface area contributed by atoms with Crippen LogP contribution in [0.5, 0.6) is 0 Å². The van der Waals surface area contributed by atoms with Gasteiger partial charge in [0.1, 0.15) is 0 Å².